The third-order valence-electron chi connectivity index (χ3n) is 2.35. The van der Waals surface area contributed by atoms with E-state index in [0.717, 1.165) is 0 Å². The van der Waals surface area contributed by atoms with Crippen LogP contribution in [0.1, 0.15) is 31.1 Å². The summed E-state index contributed by atoms with van der Waals surface area (Å²) >= 11 is 5.86. The predicted octanol–water partition coefficient (Wildman–Crippen LogP) is 2.87. The number of esters is 1. The SMILES string of the molecule is COc1ccc(Cl)cc1C(=O)C(C)(C)OC(C)=O. The summed E-state index contributed by atoms with van der Waals surface area (Å²) in [5.74, 6) is -0.490. The molecule has 0 fully saturated rings. The molecular weight excluding hydrogens is 256 g/mol. The van der Waals surface area contributed by atoms with Crippen molar-refractivity contribution in [1.82, 2.24) is 0 Å². The first-order valence-corrected chi connectivity index (χ1v) is 5.73. The van der Waals surface area contributed by atoms with Crippen LogP contribution in [-0.4, -0.2) is 24.5 Å². The van der Waals surface area contributed by atoms with Crippen molar-refractivity contribution in [3.63, 3.8) is 0 Å². The molecule has 0 aromatic heterocycles. The summed E-state index contributed by atoms with van der Waals surface area (Å²) in [4.78, 5) is 23.3. The van der Waals surface area contributed by atoms with Crippen molar-refractivity contribution in [3.05, 3.63) is 28.8 Å². The maximum Gasteiger partial charge on any atom is 0.303 e. The lowest BCUT2D eigenvalue weighted by atomic mass is 9.95. The van der Waals surface area contributed by atoms with Crippen molar-refractivity contribution >= 4 is 23.4 Å². The summed E-state index contributed by atoms with van der Waals surface area (Å²) in [6.45, 7) is 4.30. The van der Waals surface area contributed by atoms with Gasteiger partial charge in [0.15, 0.2) is 5.60 Å². The predicted molar refractivity (Wildman–Crippen MR) is 68.2 cm³/mol. The van der Waals surface area contributed by atoms with E-state index < -0.39 is 11.6 Å². The summed E-state index contributed by atoms with van der Waals surface area (Å²) in [6.07, 6.45) is 0. The molecule has 18 heavy (non-hydrogen) atoms. The first-order valence-electron chi connectivity index (χ1n) is 5.36. The molecule has 0 saturated heterocycles. The van der Waals surface area contributed by atoms with Gasteiger partial charge in [0, 0.05) is 11.9 Å². The maximum absolute atomic E-state index is 12.3. The van der Waals surface area contributed by atoms with Gasteiger partial charge in [-0.3, -0.25) is 9.59 Å². The molecule has 1 aromatic rings. The highest BCUT2D eigenvalue weighted by atomic mass is 35.5. The minimum Gasteiger partial charge on any atom is -0.496 e. The largest absolute Gasteiger partial charge is 0.496 e. The van der Waals surface area contributed by atoms with Crippen LogP contribution >= 0.6 is 11.6 Å². The summed E-state index contributed by atoms with van der Waals surface area (Å²) in [5.41, 5.74) is -0.972. The van der Waals surface area contributed by atoms with Gasteiger partial charge in [-0.15, -0.1) is 0 Å². The third-order valence-corrected chi connectivity index (χ3v) is 2.59. The Kier molecular flexibility index (Phi) is 4.35. The van der Waals surface area contributed by atoms with Crippen molar-refractivity contribution in [3.8, 4) is 5.75 Å². The number of ketones is 1. The van der Waals surface area contributed by atoms with E-state index in [-0.39, 0.29) is 11.3 Å². The minimum absolute atomic E-state index is 0.288. The number of methoxy groups -OCH3 is 1. The highest BCUT2D eigenvalue weighted by molar-refractivity contribution is 6.31. The zero-order valence-electron chi connectivity index (χ0n) is 10.7. The fourth-order valence-electron chi connectivity index (χ4n) is 1.59. The zero-order chi connectivity index (χ0) is 13.9. The molecule has 0 aliphatic carbocycles. The number of halogens is 1. The lowest BCUT2D eigenvalue weighted by Gasteiger charge is -2.23. The second-order valence-electron chi connectivity index (χ2n) is 4.28. The minimum atomic E-state index is -1.26. The molecule has 5 heteroatoms. The molecule has 1 aromatic carbocycles. The van der Waals surface area contributed by atoms with Gasteiger partial charge < -0.3 is 9.47 Å². The van der Waals surface area contributed by atoms with Crippen LogP contribution in [0.4, 0.5) is 0 Å². The number of Topliss-reactive ketones (excluding diaryl/α,β-unsaturated/α-hetero) is 1. The van der Waals surface area contributed by atoms with Gasteiger partial charge in [-0.1, -0.05) is 11.6 Å². The normalized spacial score (nSPS) is 10.9. The van der Waals surface area contributed by atoms with E-state index in [1.54, 1.807) is 12.1 Å². The molecular formula is C13H15ClO4. The molecule has 0 bridgehead atoms. The van der Waals surface area contributed by atoms with Crippen LogP contribution in [0.15, 0.2) is 18.2 Å². The van der Waals surface area contributed by atoms with E-state index in [2.05, 4.69) is 0 Å². The number of carbonyl (C=O) groups is 2. The van der Waals surface area contributed by atoms with E-state index in [9.17, 15) is 9.59 Å². The number of benzene rings is 1. The average molecular weight is 271 g/mol. The topological polar surface area (TPSA) is 52.6 Å². The summed E-state index contributed by atoms with van der Waals surface area (Å²) in [7, 11) is 1.46. The lowest BCUT2D eigenvalue weighted by Crippen LogP contribution is -2.36. The fraction of sp³-hybridized carbons (Fsp3) is 0.385. The number of rotatable bonds is 4. The monoisotopic (exact) mass is 270 g/mol. The quantitative estimate of drug-likeness (QED) is 0.624. The molecule has 98 valence electrons. The first-order chi connectivity index (χ1) is 8.27. The smallest absolute Gasteiger partial charge is 0.303 e. The van der Waals surface area contributed by atoms with Gasteiger partial charge in [-0.25, -0.2) is 0 Å². The molecule has 0 heterocycles. The van der Waals surface area contributed by atoms with Gasteiger partial charge >= 0.3 is 5.97 Å². The number of carbonyl (C=O) groups excluding carboxylic acids is 2. The Hall–Kier alpha value is -1.55. The second kappa shape index (κ2) is 5.40. The number of ether oxygens (including phenoxy) is 2. The summed E-state index contributed by atoms with van der Waals surface area (Å²) in [5, 5.41) is 0.415. The van der Waals surface area contributed by atoms with E-state index >= 15 is 0 Å². The van der Waals surface area contributed by atoms with Crippen LogP contribution in [0.25, 0.3) is 0 Å². The molecule has 0 atom stereocenters. The number of hydrogen-bond donors (Lipinski definition) is 0. The van der Waals surface area contributed by atoms with Crippen LogP contribution in [0.3, 0.4) is 0 Å². The molecule has 4 nitrogen and oxygen atoms in total. The fourth-order valence-corrected chi connectivity index (χ4v) is 1.76. The molecule has 0 aliphatic heterocycles. The molecule has 0 amide bonds. The Morgan fingerprint density at radius 3 is 2.39 bits per heavy atom. The molecule has 0 radical (unpaired) electrons. The Labute approximate surface area is 111 Å². The Balaban J connectivity index is 3.17. The average Bonchev–Trinajstić information content (AvgIpc) is 2.26. The standard InChI is InChI=1S/C13H15ClO4/c1-8(15)18-13(2,3)12(16)10-7-9(14)5-6-11(10)17-4/h5-7H,1-4H3. The third kappa shape index (κ3) is 3.23. The molecule has 0 unspecified atom stereocenters. The highest BCUT2D eigenvalue weighted by Gasteiger charge is 2.33. The molecule has 0 aliphatic rings. The van der Waals surface area contributed by atoms with Crippen LogP contribution in [0.5, 0.6) is 5.75 Å². The number of hydrogen-bond acceptors (Lipinski definition) is 4. The van der Waals surface area contributed by atoms with Crippen LogP contribution in [-0.2, 0) is 9.53 Å². The van der Waals surface area contributed by atoms with Crippen molar-refractivity contribution < 1.29 is 19.1 Å². The van der Waals surface area contributed by atoms with Crippen molar-refractivity contribution in [1.29, 1.82) is 0 Å². The molecule has 0 saturated carbocycles. The van der Waals surface area contributed by atoms with Gasteiger partial charge in [0.05, 0.1) is 12.7 Å². The first kappa shape index (κ1) is 14.5. The molecule has 1 rings (SSSR count). The van der Waals surface area contributed by atoms with Crippen LogP contribution < -0.4 is 4.74 Å². The van der Waals surface area contributed by atoms with Gasteiger partial charge in [-0.2, -0.15) is 0 Å². The van der Waals surface area contributed by atoms with Crippen molar-refractivity contribution in [2.45, 2.75) is 26.4 Å². The van der Waals surface area contributed by atoms with E-state index in [1.165, 1.54) is 33.9 Å². The lowest BCUT2D eigenvalue weighted by molar-refractivity contribution is -0.149. The van der Waals surface area contributed by atoms with Crippen molar-refractivity contribution in [2.24, 2.45) is 0 Å². The summed E-state index contributed by atoms with van der Waals surface area (Å²) in [6, 6.07) is 4.71. The van der Waals surface area contributed by atoms with E-state index in [4.69, 9.17) is 21.1 Å². The maximum atomic E-state index is 12.3. The Morgan fingerprint density at radius 1 is 1.28 bits per heavy atom. The second-order valence-corrected chi connectivity index (χ2v) is 4.71. The van der Waals surface area contributed by atoms with Crippen molar-refractivity contribution in [2.75, 3.05) is 7.11 Å². The van der Waals surface area contributed by atoms with Gasteiger partial charge in [0.2, 0.25) is 5.78 Å². The van der Waals surface area contributed by atoms with E-state index in [1.807, 2.05) is 0 Å². The van der Waals surface area contributed by atoms with E-state index in [0.29, 0.717) is 10.8 Å². The van der Waals surface area contributed by atoms with Gasteiger partial charge in [-0.05, 0) is 32.0 Å². The molecule has 0 spiro atoms. The van der Waals surface area contributed by atoms with Crippen LogP contribution in [0, 0.1) is 0 Å². The van der Waals surface area contributed by atoms with Gasteiger partial charge in [0.1, 0.15) is 5.75 Å². The van der Waals surface area contributed by atoms with Crippen LogP contribution in [0.2, 0.25) is 5.02 Å². The Morgan fingerprint density at radius 2 is 1.89 bits per heavy atom. The van der Waals surface area contributed by atoms with Gasteiger partial charge in [0.25, 0.3) is 0 Å². The zero-order valence-corrected chi connectivity index (χ0v) is 11.5. The summed E-state index contributed by atoms with van der Waals surface area (Å²) < 4.78 is 10.1. The Bertz CT molecular complexity index is 480. The molecule has 0 N–H and O–H groups in total. The highest BCUT2D eigenvalue weighted by Crippen LogP contribution is 2.27.